The number of rotatable bonds is 8. The van der Waals surface area contributed by atoms with Crippen molar-refractivity contribution in [2.24, 2.45) is 0 Å². The summed E-state index contributed by atoms with van der Waals surface area (Å²) >= 11 is 0. The van der Waals surface area contributed by atoms with Crippen molar-refractivity contribution in [3.8, 4) is 5.75 Å². The monoisotopic (exact) mass is 375 g/mol. The van der Waals surface area contributed by atoms with Crippen LogP contribution in [-0.4, -0.2) is 24.5 Å². The molecule has 1 amide bonds. The van der Waals surface area contributed by atoms with Crippen LogP contribution in [0.1, 0.15) is 28.4 Å². The van der Waals surface area contributed by atoms with Gasteiger partial charge in [0.1, 0.15) is 11.6 Å². The van der Waals surface area contributed by atoms with Crippen molar-refractivity contribution in [3.63, 3.8) is 0 Å². The number of aryl methyl sites for hydroxylation is 1. The average molecular weight is 375 g/mol. The number of aromatic nitrogens is 1. The summed E-state index contributed by atoms with van der Waals surface area (Å²) in [4.78, 5) is 16.9. The van der Waals surface area contributed by atoms with E-state index in [-0.39, 0.29) is 5.91 Å². The molecule has 3 aromatic rings. The standard InChI is InChI=1S/C23H25N3O2/c1-3-18-8-4-5-10-21(18)26-23(27)19-12-14-25-22(16-19)24-13-11-17-7-6-9-20(15-17)28-2/h4-10,12,14-16H,3,11,13H2,1-2H3,(H,24,25)(H,26,27). The zero-order valence-corrected chi connectivity index (χ0v) is 16.2. The van der Waals surface area contributed by atoms with Crippen molar-refractivity contribution in [3.05, 3.63) is 83.6 Å². The second-order valence-electron chi connectivity index (χ2n) is 6.42. The third kappa shape index (κ3) is 5.10. The van der Waals surface area contributed by atoms with E-state index in [2.05, 4.69) is 28.6 Å². The summed E-state index contributed by atoms with van der Waals surface area (Å²) in [7, 11) is 1.66. The van der Waals surface area contributed by atoms with Crippen molar-refractivity contribution >= 4 is 17.4 Å². The van der Waals surface area contributed by atoms with Crippen LogP contribution in [0.5, 0.6) is 5.75 Å². The van der Waals surface area contributed by atoms with Gasteiger partial charge in [-0.2, -0.15) is 0 Å². The van der Waals surface area contributed by atoms with E-state index in [0.29, 0.717) is 17.9 Å². The second kappa shape index (κ2) is 9.55. The molecule has 0 atom stereocenters. The number of carbonyl (C=O) groups is 1. The first-order valence-corrected chi connectivity index (χ1v) is 9.41. The molecular weight excluding hydrogens is 350 g/mol. The zero-order valence-electron chi connectivity index (χ0n) is 16.2. The number of hydrogen-bond acceptors (Lipinski definition) is 4. The van der Waals surface area contributed by atoms with Gasteiger partial charge in [0.05, 0.1) is 7.11 Å². The van der Waals surface area contributed by atoms with Crippen molar-refractivity contribution in [1.29, 1.82) is 0 Å². The molecule has 0 aliphatic carbocycles. The molecule has 1 aromatic heterocycles. The highest BCUT2D eigenvalue weighted by molar-refractivity contribution is 6.05. The summed E-state index contributed by atoms with van der Waals surface area (Å²) in [5.74, 6) is 1.39. The van der Waals surface area contributed by atoms with E-state index in [9.17, 15) is 4.79 Å². The lowest BCUT2D eigenvalue weighted by Gasteiger charge is -2.11. The predicted molar refractivity (Wildman–Crippen MR) is 113 cm³/mol. The van der Waals surface area contributed by atoms with E-state index in [1.54, 1.807) is 25.4 Å². The van der Waals surface area contributed by atoms with Gasteiger partial charge in [0.15, 0.2) is 0 Å². The number of amides is 1. The number of methoxy groups -OCH3 is 1. The zero-order chi connectivity index (χ0) is 19.8. The average Bonchev–Trinajstić information content (AvgIpc) is 2.74. The minimum Gasteiger partial charge on any atom is -0.497 e. The van der Waals surface area contributed by atoms with Gasteiger partial charge in [-0.25, -0.2) is 4.98 Å². The summed E-state index contributed by atoms with van der Waals surface area (Å²) in [6, 6.07) is 19.3. The molecule has 0 aliphatic heterocycles. The maximum atomic E-state index is 12.6. The number of benzene rings is 2. The molecule has 2 aromatic carbocycles. The molecule has 28 heavy (non-hydrogen) atoms. The normalized spacial score (nSPS) is 10.4. The Hall–Kier alpha value is -3.34. The summed E-state index contributed by atoms with van der Waals surface area (Å²) in [5.41, 5.74) is 3.71. The van der Waals surface area contributed by atoms with E-state index in [0.717, 1.165) is 29.8 Å². The fourth-order valence-electron chi connectivity index (χ4n) is 2.98. The van der Waals surface area contributed by atoms with E-state index in [4.69, 9.17) is 4.74 Å². The molecule has 0 unspecified atom stereocenters. The Balaban J connectivity index is 1.61. The molecule has 2 N–H and O–H groups in total. The summed E-state index contributed by atoms with van der Waals surface area (Å²) < 4.78 is 5.25. The van der Waals surface area contributed by atoms with E-state index < -0.39 is 0 Å². The van der Waals surface area contributed by atoms with Gasteiger partial charge in [0.25, 0.3) is 5.91 Å². The molecule has 144 valence electrons. The summed E-state index contributed by atoms with van der Waals surface area (Å²) in [6.07, 6.45) is 3.34. The van der Waals surface area contributed by atoms with Gasteiger partial charge in [0, 0.05) is 24.0 Å². The summed E-state index contributed by atoms with van der Waals surface area (Å²) in [5, 5.41) is 6.27. The molecule has 0 fully saturated rings. The number of carbonyl (C=O) groups excluding carboxylic acids is 1. The van der Waals surface area contributed by atoms with Crippen LogP contribution < -0.4 is 15.4 Å². The Kier molecular flexibility index (Phi) is 6.63. The summed E-state index contributed by atoms with van der Waals surface area (Å²) in [6.45, 7) is 2.78. The highest BCUT2D eigenvalue weighted by atomic mass is 16.5. The van der Waals surface area contributed by atoms with Gasteiger partial charge in [-0.3, -0.25) is 4.79 Å². The van der Waals surface area contributed by atoms with Gasteiger partial charge < -0.3 is 15.4 Å². The minimum absolute atomic E-state index is 0.140. The van der Waals surface area contributed by atoms with Crippen LogP contribution in [0.15, 0.2) is 66.9 Å². The first kappa shape index (κ1) is 19.4. The van der Waals surface area contributed by atoms with E-state index in [1.165, 1.54) is 5.56 Å². The predicted octanol–water partition coefficient (Wildman–Crippen LogP) is 4.56. The number of anilines is 2. The van der Waals surface area contributed by atoms with Crippen molar-refractivity contribution in [2.45, 2.75) is 19.8 Å². The van der Waals surface area contributed by atoms with Crippen LogP contribution in [0, 0.1) is 0 Å². The van der Waals surface area contributed by atoms with Crippen molar-refractivity contribution in [1.82, 2.24) is 4.98 Å². The Morgan fingerprint density at radius 2 is 1.93 bits per heavy atom. The Morgan fingerprint density at radius 3 is 2.75 bits per heavy atom. The van der Waals surface area contributed by atoms with Crippen LogP contribution >= 0.6 is 0 Å². The number of hydrogen-bond donors (Lipinski definition) is 2. The number of para-hydroxylation sites is 1. The molecule has 0 saturated carbocycles. The van der Waals surface area contributed by atoms with Gasteiger partial charge in [0.2, 0.25) is 0 Å². The van der Waals surface area contributed by atoms with E-state index >= 15 is 0 Å². The van der Waals surface area contributed by atoms with Crippen LogP contribution in [0.4, 0.5) is 11.5 Å². The lowest BCUT2D eigenvalue weighted by atomic mass is 10.1. The maximum Gasteiger partial charge on any atom is 0.255 e. The maximum absolute atomic E-state index is 12.6. The van der Waals surface area contributed by atoms with Gasteiger partial charge in [-0.15, -0.1) is 0 Å². The fraction of sp³-hybridized carbons (Fsp3) is 0.217. The van der Waals surface area contributed by atoms with Crippen LogP contribution in [0.3, 0.4) is 0 Å². The quantitative estimate of drug-likeness (QED) is 0.606. The molecule has 5 heteroatoms. The van der Waals surface area contributed by atoms with Gasteiger partial charge in [-0.1, -0.05) is 37.3 Å². The van der Waals surface area contributed by atoms with Crippen LogP contribution in [0.25, 0.3) is 0 Å². The van der Waals surface area contributed by atoms with Crippen LogP contribution in [0.2, 0.25) is 0 Å². The fourth-order valence-corrected chi connectivity index (χ4v) is 2.98. The largest absolute Gasteiger partial charge is 0.497 e. The smallest absolute Gasteiger partial charge is 0.255 e. The Morgan fingerprint density at radius 1 is 1.07 bits per heavy atom. The second-order valence-corrected chi connectivity index (χ2v) is 6.42. The first-order chi connectivity index (χ1) is 13.7. The highest BCUT2D eigenvalue weighted by Gasteiger charge is 2.09. The van der Waals surface area contributed by atoms with Gasteiger partial charge in [-0.05, 0) is 54.3 Å². The Labute approximate surface area is 165 Å². The molecule has 0 bridgehead atoms. The molecule has 0 saturated heterocycles. The lowest BCUT2D eigenvalue weighted by molar-refractivity contribution is 0.102. The number of nitrogens with zero attached hydrogens (tertiary/aromatic N) is 1. The minimum atomic E-state index is -0.140. The molecule has 0 aliphatic rings. The molecule has 3 rings (SSSR count). The number of pyridine rings is 1. The van der Waals surface area contributed by atoms with Crippen LogP contribution in [-0.2, 0) is 12.8 Å². The Bertz CT molecular complexity index is 940. The number of ether oxygens (including phenoxy) is 1. The molecule has 1 heterocycles. The van der Waals surface area contributed by atoms with E-state index in [1.807, 2.05) is 42.5 Å². The molecule has 5 nitrogen and oxygen atoms in total. The third-order valence-corrected chi connectivity index (χ3v) is 4.52. The molecule has 0 radical (unpaired) electrons. The first-order valence-electron chi connectivity index (χ1n) is 9.41. The molecule has 0 spiro atoms. The number of nitrogens with one attached hydrogen (secondary N) is 2. The third-order valence-electron chi connectivity index (χ3n) is 4.52. The van der Waals surface area contributed by atoms with Crippen molar-refractivity contribution in [2.75, 3.05) is 24.3 Å². The molecular formula is C23H25N3O2. The topological polar surface area (TPSA) is 63.2 Å². The lowest BCUT2D eigenvalue weighted by Crippen LogP contribution is -2.14. The van der Waals surface area contributed by atoms with Crippen molar-refractivity contribution < 1.29 is 9.53 Å². The SMILES string of the molecule is CCc1ccccc1NC(=O)c1ccnc(NCCc2cccc(OC)c2)c1. The highest BCUT2D eigenvalue weighted by Crippen LogP contribution is 2.17. The van der Waals surface area contributed by atoms with Gasteiger partial charge >= 0.3 is 0 Å².